The predicted molar refractivity (Wildman–Crippen MR) is 93.1 cm³/mol. The first-order valence-corrected chi connectivity index (χ1v) is 9.51. The summed E-state index contributed by atoms with van der Waals surface area (Å²) in [5.41, 5.74) is 0.225. The van der Waals surface area contributed by atoms with Crippen LogP contribution in [-0.4, -0.2) is 81.0 Å². The molecule has 1 saturated carbocycles. The average molecular weight is 339 g/mol. The SMILES string of the molecule is CC(C)CN1CCO[C@H](CNC(=O)N2CCOCC3(CCC3)C2)C1. The van der Waals surface area contributed by atoms with Gasteiger partial charge in [0, 0.05) is 44.7 Å². The third-order valence-corrected chi connectivity index (χ3v) is 5.47. The minimum Gasteiger partial charge on any atom is -0.379 e. The lowest BCUT2D eigenvalue weighted by Crippen LogP contribution is -2.52. The molecule has 2 saturated heterocycles. The third kappa shape index (κ3) is 4.61. The van der Waals surface area contributed by atoms with Gasteiger partial charge in [-0.05, 0) is 18.8 Å². The normalized spacial score (nSPS) is 27.8. The van der Waals surface area contributed by atoms with Gasteiger partial charge in [-0.1, -0.05) is 20.3 Å². The largest absolute Gasteiger partial charge is 0.379 e. The summed E-state index contributed by atoms with van der Waals surface area (Å²) in [7, 11) is 0. The summed E-state index contributed by atoms with van der Waals surface area (Å²) in [6.45, 7) is 11.8. The van der Waals surface area contributed by atoms with Crippen LogP contribution in [0, 0.1) is 11.3 Å². The van der Waals surface area contributed by atoms with E-state index in [1.54, 1.807) is 0 Å². The fourth-order valence-corrected chi connectivity index (χ4v) is 4.04. The summed E-state index contributed by atoms with van der Waals surface area (Å²) in [5, 5.41) is 3.09. The molecular weight excluding hydrogens is 306 g/mol. The van der Waals surface area contributed by atoms with Gasteiger partial charge >= 0.3 is 6.03 Å². The molecule has 1 atom stereocenters. The van der Waals surface area contributed by atoms with Gasteiger partial charge in [0.25, 0.3) is 0 Å². The van der Waals surface area contributed by atoms with E-state index in [2.05, 4.69) is 24.1 Å². The maximum absolute atomic E-state index is 12.6. The van der Waals surface area contributed by atoms with Crippen molar-refractivity contribution in [1.29, 1.82) is 0 Å². The minimum absolute atomic E-state index is 0.0383. The molecule has 1 N–H and O–H groups in total. The van der Waals surface area contributed by atoms with Gasteiger partial charge in [0.1, 0.15) is 0 Å². The molecule has 0 radical (unpaired) electrons. The number of morpholine rings is 1. The highest BCUT2D eigenvalue weighted by Gasteiger charge is 2.41. The highest BCUT2D eigenvalue weighted by atomic mass is 16.5. The van der Waals surface area contributed by atoms with Gasteiger partial charge in [0.15, 0.2) is 0 Å². The summed E-state index contributed by atoms with van der Waals surface area (Å²) < 4.78 is 11.6. The molecule has 24 heavy (non-hydrogen) atoms. The van der Waals surface area contributed by atoms with Crippen LogP contribution in [-0.2, 0) is 9.47 Å². The molecule has 0 aromatic carbocycles. The van der Waals surface area contributed by atoms with Crippen molar-refractivity contribution in [1.82, 2.24) is 15.1 Å². The van der Waals surface area contributed by atoms with E-state index in [1.165, 1.54) is 19.3 Å². The van der Waals surface area contributed by atoms with Crippen LogP contribution in [0.1, 0.15) is 33.1 Å². The molecule has 2 amide bonds. The van der Waals surface area contributed by atoms with E-state index in [-0.39, 0.29) is 17.6 Å². The van der Waals surface area contributed by atoms with Crippen LogP contribution in [0.2, 0.25) is 0 Å². The van der Waals surface area contributed by atoms with E-state index in [1.807, 2.05) is 4.90 Å². The van der Waals surface area contributed by atoms with E-state index in [0.717, 1.165) is 39.4 Å². The van der Waals surface area contributed by atoms with Gasteiger partial charge in [-0.3, -0.25) is 4.90 Å². The number of hydrogen-bond acceptors (Lipinski definition) is 4. The van der Waals surface area contributed by atoms with Gasteiger partial charge in [-0.15, -0.1) is 0 Å². The van der Waals surface area contributed by atoms with E-state index in [9.17, 15) is 4.79 Å². The van der Waals surface area contributed by atoms with Crippen molar-refractivity contribution in [3.63, 3.8) is 0 Å². The zero-order valence-corrected chi connectivity index (χ0v) is 15.3. The highest BCUT2D eigenvalue weighted by molar-refractivity contribution is 5.74. The number of rotatable bonds is 4. The van der Waals surface area contributed by atoms with Gasteiger partial charge in [0.05, 0.1) is 25.9 Å². The molecule has 3 rings (SSSR count). The summed E-state index contributed by atoms with van der Waals surface area (Å²) in [6, 6.07) is 0.0383. The second kappa shape index (κ2) is 8.02. The Morgan fingerprint density at radius 1 is 1.29 bits per heavy atom. The predicted octanol–water partition coefficient (Wildman–Crippen LogP) is 1.56. The van der Waals surface area contributed by atoms with E-state index >= 15 is 0 Å². The molecule has 0 aromatic rings. The molecule has 2 aliphatic heterocycles. The first kappa shape index (κ1) is 18.0. The van der Waals surface area contributed by atoms with Crippen LogP contribution in [0.5, 0.6) is 0 Å². The number of ether oxygens (including phenoxy) is 2. The highest BCUT2D eigenvalue weighted by Crippen LogP contribution is 2.42. The standard InChI is InChI=1S/C18H33N3O3/c1-15(2)11-20-6-9-24-16(12-20)10-19-17(22)21-7-8-23-14-18(13-21)4-3-5-18/h15-16H,3-14H2,1-2H3,(H,19,22)/t16-/m1/s1. The molecule has 0 aromatic heterocycles. The quantitative estimate of drug-likeness (QED) is 0.844. The number of urea groups is 1. The second-order valence-electron chi connectivity index (χ2n) is 8.16. The lowest BCUT2D eigenvalue weighted by Gasteiger charge is -2.42. The second-order valence-corrected chi connectivity index (χ2v) is 8.16. The van der Waals surface area contributed by atoms with Crippen molar-refractivity contribution < 1.29 is 14.3 Å². The molecule has 1 spiro atoms. The summed E-state index contributed by atoms with van der Waals surface area (Å²) in [5.74, 6) is 0.661. The Bertz CT molecular complexity index is 426. The molecule has 3 aliphatic rings. The first-order chi connectivity index (χ1) is 11.6. The zero-order chi connectivity index (χ0) is 17.0. The van der Waals surface area contributed by atoms with Gasteiger partial charge in [0.2, 0.25) is 0 Å². The maximum atomic E-state index is 12.6. The molecule has 6 nitrogen and oxygen atoms in total. The number of carbonyl (C=O) groups excluding carboxylic acids is 1. The number of nitrogens with one attached hydrogen (secondary N) is 1. The monoisotopic (exact) mass is 339 g/mol. The molecular formula is C18H33N3O3. The summed E-state index contributed by atoms with van der Waals surface area (Å²) in [6.07, 6.45) is 3.74. The lowest BCUT2D eigenvalue weighted by atomic mass is 9.69. The molecule has 3 fully saturated rings. The number of hydrogen-bond donors (Lipinski definition) is 1. The van der Waals surface area contributed by atoms with Crippen molar-refractivity contribution in [2.45, 2.75) is 39.2 Å². The maximum Gasteiger partial charge on any atom is 0.317 e. The molecule has 1 aliphatic carbocycles. The third-order valence-electron chi connectivity index (χ3n) is 5.47. The smallest absolute Gasteiger partial charge is 0.317 e. The van der Waals surface area contributed by atoms with Crippen molar-refractivity contribution in [2.24, 2.45) is 11.3 Å². The van der Waals surface area contributed by atoms with Crippen LogP contribution in [0.4, 0.5) is 4.79 Å². The van der Waals surface area contributed by atoms with Crippen molar-refractivity contribution in [3.05, 3.63) is 0 Å². The fourth-order valence-electron chi connectivity index (χ4n) is 4.04. The lowest BCUT2D eigenvalue weighted by molar-refractivity contribution is -0.0296. The molecule has 6 heteroatoms. The van der Waals surface area contributed by atoms with Gasteiger partial charge in [-0.25, -0.2) is 4.79 Å². The average Bonchev–Trinajstić information content (AvgIpc) is 2.75. The topological polar surface area (TPSA) is 54.0 Å². The fraction of sp³-hybridized carbons (Fsp3) is 0.944. The van der Waals surface area contributed by atoms with E-state index < -0.39 is 0 Å². The van der Waals surface area contributed by atoms with E-state index in [0.29, 0.717) is 25.6 Å². The molecule has 0 unspecified atom stereocenters. The van der Waals surface area contributed by atoms with Crippen molar-refractivity contribution in [3.8, 4) is 0 Å². The Kier molecular flexibility index (Phi) is 6.00. The molecule has 138 valence electrons. The number of nitrogens with zero attached hydrogens (tertiary/aromatic N) is 2. The van der Waals surface area contributed by atoms with Crippen LogP contribution < -0.4 is 5.32 Å². The Morgan fingerprint density at radius 2 is 2.12 bits per heavy atom. The van der Waals surface area contributed by atoms with Crippen LogP contribution in [0.15, 0.2) is 0 Å². The van der Waals surface area contributed by atoms with Crippen LogP contribution in [0.3, 0.4) is 0 Å². The molecule has 0 bridgehead atoms. The Labute approximate surface area is 145 Å². The summed E-state index contributed by atoms with van der Waals surface area (Å²) in [4.78, 5) is 17.0. The minimum atomic E-state index is 0.0383. The van der Waals surface area contributed by atoms with Gasteiger partial charge < -0.3 is 19.7 Å². The van der Waals surface area contributed by atoms with Crippen molar-refractivity contribution in [2.75, 3.05) is 59.1 Å². The summed E-state index contributed by atoms with van der Waals surface area (Å²) >= 11 is 0. The van der Waals surface area contributed by atoms with E-state index in [4.69, 9.17) is 9.47 Å². The van der Waals surface area contributed by atoms with Crippen LogP contribution >= 0.6 is 0 Å². The number of amides is 2. The van der Waals surface area contributed by atoms with Crippen LogP contribution in [0.25, 0.3) is 0 Å². The van der Waals surface area contributed by atoms with Gasteiger partial charge in [-0.2, -0.15) is 0 Å². The Morgan fingerprint density at radius 3 is 2.83 bits per heavy atom. The Balaban J connectivity index is 1.44. The first-order valence-electron chi connectivity index (χ1n) is 9.51. The number of carbonyl (C=O) groups is 1. The Hall–Kier alpha value is -0.850. The molecule has 2 heterocycles. The van der Waals surface area contributed by atoms with Crippen molar-refractivity contribution >= 4 is 6.03 Å². The zero-order valence-electron chi connectivity index (χ0n) is 15.3.